The molecule has 3 aromatic rings. The van der Waals surface area contributed by atoms with Crippen LogP contribution in [0.5, 0.6) is 5.75 Å². The Morgan fingerprint density at radius 2 is 1.86 bits per heavy atom. The van der Waals surface area contributed by atoms with Crippen molar-refractivity contribution in [1.29, 1.82) is 0 Å². The van der Waals surface area contributed by atoms with E-state index < -0.39 is 0 Å². The minimum atomic E-state index is 0.128. The molecule has 0 N–H and O–H groups in total. The van der Waals surface area contributed by atoms with E-state index in [0.29, 0.717) is 0 Å². The molecule has 0 bridgehead atoms. The van der Waals surface area contributed by atoms with Crippen LogP contribution >= 0.6 is 11.8 Å². The van der Waals surface area contributed by atoms with E-state index in [-0.39, 0.29) is 12.5 Å². The molecule has 7 heteroatoms. The number of fused-ring (bicyclic) bond motifs is 1. The van der Waals surface area contributed by atoms with Crippen molar-refractivity contribution >= 4 is 28.7 Å². The molecular formula is C22H28N4O2S. The molecule has 0 fully saturated rings. The number of rotatable bonds is 10. The van der Waals surface area contributed by atoms with Crippen LogP contribution < -0.4 is 4.74 Å². The summed E-state index contributed by atoms with van der Waals surface area (Å²) in [6, 6.07) is 9.91. The number of nitrogens with zero attached hydrogens (tertiary/aromatic N) is 4. The number of carbonyl (C=O) groups is 1. The van der Waals surface area contributed by atoms with Crippen molar-refractivity contribution in [1.82, 2.24) is 19.4 Å². The van der Waals surface area contributed by atoms with Gasteiger partial charge in [-0.2, -0.15) is 0 Å². The molecule has 1 amide bonds. The molecule has 154 valence electrons. The fourth-order valence-corrected chi connectivity index (χ4v) is 4.19. The fraction of sp³-hybridized carbons (Fsp3) is 0.409. The molecule has 2 aromatic heterocycles. The lowest BCUT2D eigenvalue weighted by Crippen LogP contribution is -2.35. The number of methoxy groups -OCH3 is 1. The lowest BCUT2D eigenvalue weighted by molar-refractivity contribution is -0.132. The monoisotopic (exact) mass is 412 g/mol. The van der Waals surface area contributed by atoms with Gasteiger partial charge in [0.2, 0.25) is 5.91 Å². The Balaban J connectivity index is 1.82. The Labute approximate surface area is 176 Å². The first-order valence-corrected chi connectivity index (χ1v) is 11.0. The molecule has 0 aliphatic heterocycles. The SMILES string of the molecule is CCCN(CCC)C(=O)Cn1c(SCc2ccc(OC)cc2)nc2ccncc21. The van der Waals surface area contributed by atoms with Crippen LogP contribution in [-0.2, 0) is 17.1 Å². The highest BCUT2D eigenvalue weighted by molar-refractivity contribution is 7.98. The molecule has 1 aromatic carbocycles. The Hall–Kier alpha value is -2.54. The second kappa shape index (κ2) is 10.3. The minimum Gasteiger partial charge on any atom is -0.497 e. The first kappa shape index (κ1) is 21.2. The number of amides is 1. The Morgan fingerprint density at radius 3 is 2.52 bits per heavy atom. The predicted molar refractivity (Wildman–Crippen MR) is 117 cm³/mol. The molecule has 3 rings (SSSR count). The van der Waals surface area contributed by atoms with Gasteiger partial charge in [-0.25, -0.2) is 4.98 Å². The number of pyridine rings is 1. The van der Waals surface area contributed by atoms with Gasteiger partial charge in [0.1, 0.15) is 12.3 Å². The van der Waals surface area contributed by atoms with Gasteiger partial charge in [0.05, 0.1) is 24.3 Å². The van der Waals surface area contributed by atoms with Gasteiger partial charge in [0, 0.05) is 25.0 Å². The van der Waals surface area contributed by atoms with Crippen LogP contribution in [0.2, 0.25) is 0 Å². The lowest BCUT2D eigenvalue weighted by atomic mass is 10.2. The van der Waals surface area contributed by atoms with Gasteiger partial charge in [-0.05, 0) is 36.6 Å². The van der Waals surface area contributed by atoms with Gasteiger partial charge < -0.3 is 14.2 Å². The quantitative estimate of drug-likeness (QED) is 0.463. The molecule has 29 heavy (non-hydrogen) atoms. The molecule has 2 heterocycles. The summed E-state index contributed by atoms with van der Waals surface area (Å²) >= 11 is 1.63. The fourth-order valence-electron chi connectivity index (χ4n) is 3.22. The second-order valence-electron chi connectivity index (χ2n) is 6.86. The van der Waals surface area contributed by atoms with Gasteiger partial charge in [0.25, 0.3) is 0 Å². The van der Waals surface area contributed by atoms with E-state index in [0.717, 1.165) is 53.6 Å². The maximum atomic E-state index is 13.0. The number of ether oxygens (including phenoxy) is 1. The molecule has 0 aliphatic rings. The van der Waals surface area contributed by atoms with Gasteiger partial charge in [-0.1, -0.05) is 37.7 Å². The molecular weight excluding hydrogens is 384 g/mol. The summed E-state index contributed by atoms with van der Waals surface area (Å²) in [6.45, 7) is 6.05. The Bertz CT molecular complexity index is 934. The third kappa shape index (κ3) is 5.29. The maximum Gasteiger partial charge on any atom is 0.242 e. The highest BCUT2D eigenvalue weighted by Gasteiger charge is 2.18. The zero-order valence-electron chi connectivity index (χ0n) is 17.3. The van der Waals surface area contributed by atoms with E-state index in [1.165, 1.54) is 5.56 Å². The Morgan fingerprint density at radius 1 is 1.14 bits per heavy atom. The first-order chi connectivity index (χ1) is 14.2. The zero-order chi connectivity index (χ0) is 20.6. The van der Waals surface area contributed by atoms with E-state index in [1.54, 1.807) is 31.3 Å². The van der Waals surface area contributed by atoms with Crippen molar-refractivity contribution in [2.45, 2.75) is 44.1 Å². The van der Waals surface area contributed by atoms with Crippen LogP contribution in [-0.4, -0.2) is 45.5 Å². The van der Waals surface area contributed by atoms with Crippen LogP contribution in [0, 0.1) is 0 Å². The summed E-state index contributed by atoms with van der Waals surface area (Å²) in [5.74, 6) is 1.74. The van der Waals surface area contributed by atoms with Crippen LogP contribution in [0.25, 0.3) is 11.0 Å². The van der Waals surface area contributed by atoms with Gasteiger partial charge >= 0.3 is 0 Å². The number of carbonyl (C=O) groups excluding carboxylic acids is 1. The van der Waals surface area contributed by atoms with E-state index in [4.69, 9.17) is 9.72 Å². The molecule has 0 unspecified atom stereocenters. The Kier molecular flexibility index (Phi) is 7.52. The van der Waals surface area contributed by atoms with Crippen LogP contribution in [0.15, 0.2) is 47.9 Å². The topological polar surface area (TPSA) is 60.2 Å². The highest BCUT2D eigenvalue weighted by Crippen LogP contribution is 2.27. The average Bonchev–Trinajstić information content (AvgIpc) is 3.10. The average molecular weight is 413 g/mol. The summed E-state index contributed by atoms with van der Waals surface area (Å²) < 4.78 is 7.22. The number of hydrogen-bond acceptors (Lipinski definition) is 5. The summed E-state index contributed by atoms with van der Waals surface area (Å²) in [4.78, 5) is 23.9. The van der Waals surface area contributed by atoms with Crippen molar-refractivity contribution in [3.05, 3.63) is 48.3 Å². The van der Waals surface area contributed by atoms with Crippen LogP contribution in [0.3, 0.4) is 0 Å². The molecule has 0 saturated carbocycles. The smallest absolute Gasteiger partial charge is 0.242 e. The van der Waals surface area contributed by atoms with Crippen LogP contribution in [0.4, 0.5) is 0 Å². The lowest BCUT2D eigenvalue weighted by Gasteiger charge is -2.22. The zero-order valence-corrected chi connectivity index (χ0v) is 18.1. The van der Waals surface area contributed by atoms with E-state index in [9.17, 15) is 4.79 Å². The summed E-state index contributed by atoms with van der Waals surface area (Å²) in [5, 5.41) is 0.838. The molecule has 0 aliphatic carbocycles. The summed E-state index contributed by atoms with van der Waals surface area (Å²) in [6.07, 6.45) is 5.44. The second-order valence-corrected chi connectivity index (χ2v) is 7.80. The normalized spacial score (nSPS) is 11.0. The third-order valence-corrected chi connectivity index (χ3v) is 5.72. The largest absolute Gasteiger partial charge is 0.497 e. The first-order valence-electron chi connectivity index (χ1n) is 10.00. The van der Waals surface area contributed by atoms with E-state index in [2.05, 4.69) is 31.0 Å². The number of hydrogen-bond donors (Lipinski definition) is 0. The van der Waals surface area contributed by atoms with Crippen LogP contribution in [0.1, 0.15) is 32.3 Å². The number of imidazole rings is 1. The molecule has 0 spiro atoms. The maximum absolute atomic E-state index is 13.0. The standard InChI is InChI=1S/C22H28N4O2S/c1-4-12-25(13-5-2)21(27)15-26-20-14-23-11-10-19(20)24-22(26)29-16-17-6-8-18(28-3)9-7-17/h6-11,14H,4-5,12-13,15-16H2,1-3H3. The molecule has 0 atom stereocenters. The van der Waals surface area contributed by atoms with E-state index in [1.807, 2.05) is 27.7 Å². The van der Waals surface area contributed by atoms with Gasteiger partial charge in [-0.15, -0.1) is 0 Å². The minimum absolute atomic E-state index is 0.128. The van der Waals surface area contributed by atoms with Gasteiger partial charge in [0.15, 0.2) is 5.16 Å². The van der Waals surface area contributed by atoms with Crippen molar-refractivity contribution in [2.75, 3.05) is 20.2 Å². The molecule has 6 nitrogen and oxygen atoms in total. The van der Waals surface area contributed by atoms with Crippen molar-refractivity contribution in [3.63, 3.8) is 0 Å². The summed E-state index contributed by atoms with van der Waals surface area (Å²) in [5.41, 5.74) is 2.94. The predicted octanol–water partition coefficient (Wildman–Crippen LogP) is 4.38. The van der Waals surface area contributed by atoms with E-state index >= 15 is 0 Å². The van der Waals surface area contributed by atoms with Crippen molar-refractivity contribution in [3.8, 4) is 5.75 Å². The molecule has 0 saturated heterocycles. The van der Waals surface area contributed by atoms with Crippen molar-refractivity contribution < 1.29 is 9.53 Å². The van der Waals surface area contributed by atoms with Crippen molar-refractivity contribution in [2.24, 2.45) is 0 Å². The highest BCUT2D eigenvalue weighted by atomic mass is 32.2. The number of thioether (sulfide) groups is 1. The summed E-state index contributed by atoms with van der Waals surface area (Å²) in [7, 11) is 1.66. The number of aromatic nitrogens is 3. The number of benzene rings is 1. The van der Waals surface area contributed by atoms with Gasteiger partial charge in [-0.3, -0.25) is 9.78 Å². The molecule has 0 radical (unpaired) electrons. The third-order valence-electron chi connectivity index (χ3n) is 4.68.